The smallest absolute Gasteiger partial charge is 0.274 e. The lowest BCUT2D eigenvalue weighted by Crippen LogP contribution is -2.26. The van der Waals surface area contributed by atoms with Crippen molar-refractivity contribution in [3.8, 4) is 0 Å². The number of aryl methyl sites for hydroxylation is 1. The normalized spacial score (nSPS) is 10.0. The van der Waals surface area contributed by atoms with E-state index in [4.69, 9.17) is 0 Å². The second-order valence-corrected chi connectivity index (χ2v) is 2.78. The first kappa shape index (κ1) is 10.6. The van der Waals surface area contributed by atoms with Gasteiger partial charge < -0.3 is 0 Å². The molecule has 1 aromatic rings. The van der Waals surface area contributed by atoms with Crippen LogP contribution in [0.2, 0.25) is 0 Å². The van der Waals surface area contributed by atoms with E-state index in [1.54, 1.807) is 13.0 Å². The molecular weight excluding hydrogens is 187 g/mol. The Bertz CT molecular complexity index is 355. The molecule has 1 amide bonds. The van der Waals surface area contributed by atoms with Gasteiger partial charge in [-0.2, -0.15) is 4.39 Å². The number of nitrogens with zero attached hydrogens (tertiary/aromatic N) is 2. The Balaban J connectivity index is 3.02. The van der Waals surface area contributed by atoms with Crippen molar-refractivity contribution in [2.45, 2.75) is 6.92 Å². The van der Waals surface area contributed by atoms with Gasteiger partial charge in [-0.3, -0.25) is 9.63 Å². The summed E-state index contributed by atoms with van der Waals surface area (Å²) in [6, 6.07) is 2.95. The fourth-order valence-corrected chi connectivity index (χ4v) is 0.937. The molecule has 0 aliphatic carbocycles. The summed E-state index contributed by atoms with van der Waals surface area (Å²) in [6.45, 7) is 1.65. The van der Waals surface area contributed by atoms with Crippen molar-refractivity contribution in [2.24, 2.45) is 0 Å². The van der Waals surface area contributed by atoms with E-state index >= 15 is 0 Å². The summed E-state index contributed by atoms with van der Waals surface area (Å²) in [6.07, 6.45) is 0. The molecule has 0 saturated carbocycles. The molecule has 0 unspecified atom stereocenters. The molecular formula is C9H11FN2O2. The third-order valence-corrected chi connectivity index (χ3v) is 1.78. The molecule has 0 N–H and O–H groups in total. The Morgan fingerprint density at radius 3 is 2.71 bits per heavy atom. The highest BCUT2D eigenvalue weighted by Crippen LogP contribution is 2.08. The summed E-state index contributed by atoms with van der Waals surface area (Å²) in [5, 5.41) is 0.940. The third-order valence-electron chi connectivity index (χ3n) is 1.78. The Morgan fingerprint density at radius 1 is 1.57 bits per heavy atom. The van der Waals surface area contributed by atoms with Crippen molar-refractivity contribution >= 4 is 5.91 Å². The molecule has 76 valence electrons. The van der Waals surface area contributed by atoms with Crippen molar-refractivity contribution < 1.29 is 14.0 Å². The van der Waals surface area contributed by atoms with Crippen LogP contribution >= 0.6 is 0 Å². The lowest BCUT2D eigenvalue weighted by molar-refractivity contribution is -0.0760. The average molecular weight is 198 g/mol. The number of pyridine rings is 1. The van der Waals surface area contributed by atoms with Crippen LogP contribution in [0.25, 0.3) is 0 Å². The number of amides is 1. The van der Waals surface area contributed by atoms with Crippen LogP contribution in [0.1, 0.15) is 16.1 Å². The SMILES string of the molecule is CON(C)C(=O)c1ccc(C)nc1F. The minimum Gasteiger partial charge on any atom is -0.274 e. The van der Waals surface area contributed by atoms with Gasteiger partial charge in [0.15, 0.2) is 0 Å². The molecule has 14 heavy (non-hydrogen) atoms. The van der Waals surface area contributed by atoms with Crippen LogP contribution in [0, 0.1) is 12.9 Å². The zero-order valence-electron chi connectivity index (χ0n) is 8.24. The summed E-state index contributed by atoms with van der Waals surface area (Å²) >= 11 is 0. The van der Waals surface area contributed by atoms with Crippen LogP contribution in [0.5, 0.6) is 0 Å². The monoisotopic (exact) mass is 198 g/mol. The van der Waals surface area contributed by atoms with E-state index in [9.17, 15) is 9.18 Å². The largest absolute Gasteiger partial charge is 0.281 e. The molecule has 5 heteroatoms. The zero-order valence-corrected chi connectivity index (χ0v) is 8.24. The molecule has 4 nitrogen and oxygen atoms in total. The van der Waals surface area contributed by atoms with Gasteiger partial charge in [0.25, 0.3) is 5.91 Å². The molecule has 0 saturated heterocycles. The quantitative estimate of drug-likeness (QED) is 0.529. The summed E-state index contributed by atoms with van der Waals surface area (Å²) in [4.78, 5) is 19.6. The van der Waals surface area contributed by atoms with Gasteiger partial charge >= 0.3 is 0 Å². The Kier molecular flexibility index (Phi) is 3.14. The summed E-state index contributed by atoms with van der Waals surface area (Å²) in [7, 11) is 2.74. The van der Waals surface area contributed by atoms with Crippen LogP contribution in [0.3, 0.4) is 0 Å². The van der Waals surface area contributed by atoms with Gasteiger partial charge in [0.2, 0.25) is 5.95 Å². The number of aromatic nitrogens is 1. The lowest BCUT2D eigenvalue weighted by atomic mass is 10.2. The first-order valence-corrected chi connectivity index (χ1v) is 4.01. The molecule has 1 heterocycles. The van der Waals surface area contributed by atoms with Gasteiger partial charge in [-0.25, -0.2) is 10.0 Å². The zero-order chi connectivity index (χ0) is 10.7. The third kappa shape index (κ3) is 2.05. The topological polar surface area (TPSA) is 42.4 Å². The molecule has 0 aliphatic rings. The van der Waals surface area contributed by atoms with E-state index in [-0.39, 0.29) is 5.56 Å². The number of hydrogen-bond acceptors (Lipinski definition) is 3. The molecule has 0 spiro atoms. The van der Waals surface area contributed by atoms with Crippen molar-refractivity contribution in [1.29, 1.82) is 0 Å². The van der Waals surface area contributed by atoms with Gasteiger partial charge in [-0.05, 0) is 19.1 Å². The van der Waals surface area contributed by atoms with Gasteiger partial charge in [0.1, 0.15) is 0 Å². The first-order valence-electron chi connectivity index (χ1n) is 4.01. The van der Waals surface area contributed by atoms with E-state index in [0.29, 0.717) is 5.69 Å². The maximum atomic E-state index is 13.2. The van der Waals surface area contributed by atoms with Crippen LogP contribution < -0.4 is 0 Å². The molecule has 1 aromatic heterocycles. The number of hydroxylamine groups is 2. The second-order valence-electron chi connectivity index (χ2n) is 2.78. The number of halogens is 1. The molecule has 1 rings (SSSR count). The fraction of sp³-hybridized carbons (Fsp3) is 0.333. The van der Waals surface area contributed by atoms with Gasteiger partial charge in [-0.1, -0.05) is 0 Å². The highest BCUT2D eigenvalue weighted by atomic mass is 19.1. The molecule has 0 radical (unpaired) electrons. The number of carbonyl (C=O) groups is 1. The number of rotatable bonds is 2. The fourth-order valence-electron chi connectivity index (χ4n) is 0.937. The van der Waals surface area contributed by atoms with E-state index in [0.717, 1.165) is 5.06 Å². The highest BCUT2D eigenvalue weighted by Gasteiger charge is 2.16. The molecule has 0 atom stereocenters. The van der Waals surface area contributed by atoms with Crippen LogP contribution in [-0.2, 0) is 4.84 Å². The first-order chi connectivity index (χ1) is 6.56. The van der Waals surface area contributed by atoms with Crippen molar-refractivity contribution in [2.75, 3.05) is 14.2 Å². The second kappa shape index (κ2) is 4.15. The predicted molar refractivity (Wildman–Crippen MR) is 48.0 cm³/mol. The molecule has 0 bridgehead atoms. The maximum absolute atomic E-state index is 13.2. The summed E-state index contributed by atoms with van der Waals surface area (Å²) in [5.41, 5.74) is 0.430. The number of carbonyl (C=O) groups excluding carboxylic acids is 1. The summed E-state index contributed by atoms with van der Waals surface area (Å²) < 4.78 is 13.2. The number of hydrogen-bond donors (Lipinski definition) is 0. The Labute approximate surface area is 81.3 Å². The van der Waals surface area contributed by atoms with Gasteiger partial charge in [0, 0.05) is 12.7 Å². The minimum atomic E-state index is -0.779. The Morgan fingerprint density at radius 2 is 2.21 bits per heavy atom. The standard InChI is InChI=1S/C9H11FN2O2/c1-6-4-5-7(8(10)11-6)9(13)12(2)14-3/h4-5H,1-3H3. The Hall–Kier alpha value is -1.49. The van der Waals surface area contributed by atoms with Crippen LogP contribution in [0.15, 0.2) is 12.1 Å². The maximum Gasteiger partial charge on any atom is 0.281 e. The summed E-state index contributed by atoms with van der Waals surface area (Å²) in [5.74, 6) is -1.34. The predicted octanol–water partition coefficient (Wildman–Crippen LogP) is 1.16. The van der Waals surface area contributed by atoms with Gasteiger partial charge in [0.05, 0.1) is 12.7 Å². The van der Waals surface area contributed by atoms with Crippen molar-refractivity contribution in [1.82, 2.24) is 10.0 Å². The molecule has 0 fully saturated rings. The van der Waals surface area contributed by atoms with Crippen LogP contribution in [-0.4, -0.2) is 30.1 Å². The highest BCUT2D eigenvalue weighted by molar-refractivity contribution is 5.93. The van der Waals surface area contributed by atoms with E-state index in [1.165, 1.54) is 20.2 Å². The van der Waals surface area contributed by atoms with E-state index in [2.05, 4.69) is 9.82 Å². The van der Waals surface area contributed by atoms with Crippen LogP contribution in [0.4, 0.5) is 4.39 Å². The van der Waals surface area contributed by atoms with Gasteiger partial charge in [-0.15, -0.1) is 0 Å². The van der Waals surface area contributed by atoms with Crippen molar-refractivity contribution in [3.05, 3.63) is 29.3 Å². The molecule has 0 aliphatic heterocycles. The lowest BCUT2D eigenvalue weighted by Gasteiger charge is -2.13. The molecule has 0 aromatic carbocycles. The van der Waals surface area contributed by atoms with E-state index in [1.807, 2.05) is 0 Å². The van der Waals surface area contributed by atoms with Crippen molar-refractivity contribution in [3.63, 3.8) is 0 Å². The average Bonchev–Trinajstić information content (AvgIpc) is 2.15. The van der Waals surface area contributed by atoms with E-state index < -0.39 is 11.9 Å². The minimum absolute atomic E-state index is 0.0973.